The van der Waals surface area contributed by atoms with E-state index in [4.69, 9.17) is 5.73 Å². The van der Waals surface area contributed by atoms with Gasteiger partial charge in [0.25, 0.3) is 0 Å². The molecule has 0 spiro atoms. The molecule has 3 N–H and O–H groups in total. The van der Waals surface area contributed by atoms with Crippen LogP contribution in [0.25, 0.3) is 20.3 Å². The maximum Gasteiger partial charge on any atom is 0.345 e. The number of fused-ring (bicyclic) bond motifs is 3. The van der Waals surface area contributed by atoms with Crippen molar-refractivity contribution in [1.29, 1.82) is 0 Å². The Morgan fingerprint density at radius 1 is 1.38 bits per heavy atom. The van der Waals surface area contributed by atoms with Crippen LogP contribution in [0.4, 0.5) is 0 Å². The number of H-pyrrole nitrogens is 1. The first-order chi connectivity index (χ1) is 7.79. The van der Waals surface area contributed by atoms with Crippen molar-refractivity contribution in [2.75, 3.05) is 0 Å². The molecule has 4 nitrogen and oxygen atoms in total. The van der Waals surface area contributed by atoms with Gasteiger partial charge in [-0.2, -0.15) is 4.98 Å². The average molecular weight is 231 g/mol. The first-order valence-corrected chi connectivity index (χ1v) is 5.72. The minimum atomic E-state index is -0.337. The summed E-state index contributed by atoms with van der Waals surface area (Å²) >= 11 is 1.61. The summed E-state index contributed by atoms with van der Waals surface area (Å²) in [6, 6.07) is 7.91. The first-order valence-electron chi connectivity index (χ1n) is 4.90. The molecule has 0 fully saturated rings. The Hall–Kier alpha value is -1.72. The lowest BCUT2D eigenvalue weighted by atomic mass is 10.2. The average Bonchev–Trinajstić information content (AvgIpc) is 2.67. The highest BCUT2D eigenvalue weighted by Gasteiger charge is 2.10. The molecular weight excluding hydrogens is 222 g/mol. The van der Waals surface area contributed by atoms with E-state index in [1.807, 2.05) is 24.3 Å². The number of nitrogens with zero attached hydrogens (tertiary/aromatic N) is 1. The number of aromatic nitrogens is 2. The molecule has 0 atom stereocenters. The van der Waals surface area contributed by atoms with Gasteiger partial charge in [0.1, 0.15) is 0 Å². The second kappa shape index (κ2) is 3.40. The number of rotatable bonds is 1. The quantitative estimate of drug-likeness (QED) is 0.668. The Morgan fingerprint density at radius 3 is 3.00 bits per heavy atom. The van der Waals surface area contributed by atoms with Crippen LogP contribution in [0.1, 0.15) is 5.69 Å². The smallest absolute Gasteiger partial charge is 0.325 e. The fraction of sp³-hybridized carbons (Fsp3) is 0.0909. The van der Waals surface area contributed by atoms with Gasteiger partial charge < -0.3 is 10.7 Å². The van der Waals surface area contributed by atoms with Gasteiger partial charge in [-0.15, -0.1) is 11.3 Å². The number of hydrogen-bond acceptors (Lipinski definition) is 4. The summed E-state index contributed by atoms with van der Waals surface area (Å²) in [6.07, 6.45) is 0. The molecule has 0 aliphatic carbocycles. The zero-order chi connectivity index (χ0) is 11.1. The van der Waals surface area contributed by atoms with Crippen molar-refractivity contribution < 1.29 is 0 Å². The molecular formula is C11H9N3OS. The standard InChI is InChI=1S/C11H9N3OS/c12-5-7-10-9(14-11(15)13-7)6-3-1-2-4-8(6)16-10/h1-4H,5,12H2,(H,13,14,15). The van der Waals surface area contributed by atoms with Crippen molar-refractivity contribution in [1.82, 2.24) is 9.97 Å². The topological polar surface area (TPSA) is 71.8 Å². The molecule has 5 heteroatoms. The predicted molar refractivity (Wildman–Crippen MR) is 65.6 cm³/mol. The Morgan fingerprint density at radius 2 is 2.19 bits per heavy atom. The van der Waals surface area contributed by atoms with Gasteiger partial charge in [-0.3, -0.25) is 0 Å². The molecule has 1 aromatic carbocycles. The van der Waals surface area contributed by atoms with Crippen LogP contribution < -0.4 is 11.4 Å². The van der Waals surface area contributed by atoms with E-state index in [-0.39, 0.29) is 5.69 Å². The minimum Gasteiger partial charge on any atom is -0.325 e. The summed E-state index contributed by atoms with van der Waals surface area (Å²) in [5.74, 6) is 0. The molecule has 2 aromatic heterocycles. The highest BCUT2D eigenvalue weighted by molar-refractivity contribution is 7.25. The van der Waals surface area contributed by atoms with Crippen LogP contribution in [0, 0.1) is 0 Å². The highest BCUT2D eigenvalue weighted by atomic mass is 32.1. The molecule has 80 valence electrons. The minimum absolute atomic E-state index is 0.321. The molecule has 0 bridgehead atoms. The summed E-state index contributed by atoms with van der Waals surface area (Å²) in [4.78, 5) is 18.1. The van der Waals surface area contributed by atoms with Gasteiger partial charge >= 0.3 is 5.69 Å². The first kappa shape index (κ1) is 9.50. The maximum absolute atomic E-state index is 11.4. The number of benzene rings is 1. The lowest BCUT2D eigenvalue weighted by Gasteiger charge is -1.96. The second-order valence-electron chi connectivity index (χ2n) is 3.50. The monoisotopic (exact) mass is 231 g/mol. The normalized spacial score (nSPS) is 11.3. The van der Waals surface area contributed by atoms with Crippen molar-refractivity contribution in [2.45, 2.75) is 6.54 Å². The van der Waals surface area contributed by atoms with E-state index in [0.717, 1.165) is 26.0 Å². The van der Waals surface area contributed by atoms with Crippen LogP contribution in [0.2, 0.25) is 0 Å². The molecule has 2 heterocycles. The predicted octanol–water partition coefficient (Wildman–Crippen LogP) is 1.60. The van der Waals surface area contributed by atoms with Crippen LogP contribution >= 0.6 is 11.3 Å². The molecule has 0 radical (unpaired) electrons. The van der Waals surface area contributed by atoms with Crippen LogP contribution in [0.15, 0.2) is 29.1 Å². The van der Waals surface area contributed by atoms with Crippen LogP contribution in [-0.4, -0.2) is 9.97 Å². The Balaban J connectivity index is 2.59. The summed E-state index contributed by atoms with van der Waals surface area (Å²) < 4.78 is 2.10. The van der Waals surface area contributed by atoms with Crippen molar-refractivity contribution in [3.63, 3.8) is 0 Å². The molecule has 0 aliphatic rings. The molecule has 3 rings (SSSR count). The molecule has 0 aliphatic heterocycles. The second-order valence-corrected chi connectivity index (χ2v) is 4.55. The van der Waals surface area contributed by atoms with E-state index in [0.29, 0.717) is 6.54 Å². The van der Waals surface area contributed by atoms with Gasteiger partial charge in [0, 0.05) is 16.6 Å². The van der Waals surface area contributed by atoms with Gasteiger partial charge in [0.2, 0.25) is 0 Å². The van der Waals surface area contributed by atoms with E-state index in [9.17, 15) is 4.79 Å². The van der Waals surface area contributed by atoms with E-state index >= 15 is 0 Å². The summed E-state index contributed by atoms with van der Waals surface area (Å²) in [7, 11) is 0. The van der Waals surface area contributed by atoms with Crippen LogP contribution in [0.5, 0.6) is 0 Å². The number of aromatic amines is 1. The molecule has 3 aromatic rings. The lowest BCUT2D eigenvalue weighted by Crippen LogP contribution is -2.14. The third-order valence-corrected chi connectivity index (χ3v) is 3.74. The Labute approximate surface area is 94.7 Å². The number of hydrogen-bond donors (Lipinski definition) is 2. The fourth-order valence-electron chi connectivity index (χ4n) is 1.81. The van der Waals surface area contributed by atoms with Crippen molar-refractivity contribution in [3.05, 3.63) is 40.4 Å². The SMILES string of the molecule is NCc1[nH]c(=O)nc2c1sc1ccccc12. The van der Waals surface area contributed by atoms with Crippen molar-refractivity contribution >= 4 is 31.6 Å². The van der Waals surface area contributed by atoms with Gasteiger partial charge in [-0.25, -0.2) is 4.79 Å². The Bertz CT molecular complexity index is 729. The van der Waals surface area contributed by atoms with Gasteiger partial charge in [-0.1, -0.05) is 18.2 Å². The highest BCUT2D eigenvalue weighted by Crippen LogP contribution is 2.32. The molecule has 0 saturated carbocycles. The van der Waals surface area contributed by atoms with Crippen molar-refractivity contribution in [2.24, 2.45) is 5.73 Å². The maximum atomic E-state index is 11.4. The summed E-state index contributed by atoms with van der Waals surface area (Å²) in [5, 5.41) is 1.02. The van der Waals surface area contributed by atoms with Gasteiger partial charge in [0.05, 0.1) is 15.9 Å². The van der Waals surface area contributed by atoms with Gasteiger partial charge in [-0.05, 0) is 6.07 Å². The van der Waals surface area contributed by atoms with E-state index in [1.165, 1.54) is 0 Å². The molecule has 0 amide bonds. The third-order valence-electron chi connectivity index (χ3n) is 2.52. The number of nitrogens with one attached hydrogen (secondary N) is 1. The van der Waals surface area contributed by atoms with E-state index < -0.39 is 0 Å². The van der Waals surface area contributed by atoms with E-state index in [1.54, 1.807) is 11.3 Å². The number of nitrogens with two attached hydrogens (primary N) is 1. The number of thiophene rings is 1. The van der Waals surface area contributed by atoms with Crippen LogP contribution in [0.3, 0.4) is 0 Å². The summed E-state index contributed by atoms with van der Waals surface area (Å²) in [5.41, 5.74) is 6.79. The lowest BCUT2D eigenvalue weighted by molar-refractivity contribution is 0.965. The third kappa shape index (κ3) is 1.26. The molecule has 16 heavy (non-hydrogen) atoms. The summed E-state index contributed by atoms with van der Waals surface area (Å²) in [6.45, 7) is 0.321. The zero-order valence-electron chi connectivity index (χ0n) is 8.36. The van der Waals surface area contributed by atoms with E-state index in [2.05, 4.69) is 9.97 Å². The zero-order valence-corrected chi connectivity index (χ0v) is 9.17. The largest absolute Gasteiger partial charge is 0.345 e. The van der Waals surface area contributed by atoms with Crippen LogP contribution in [-0.2, 0) is 6.54 Å². The van der Waals surface area contributed by atoms with Gasteiger partial charge in [0.15, 0.2) is 0 Å². The fourth-order valence-corrected chi connectivity index (χ4v) is 2.96. The van der Waals surface area contributed by atoms with Crippen molar-refractivity contribution in [3.8, 4) is 0 Å². The molecule has 0 unspecified atom stereocenters. The molecule has 0 saturated heterocycles. The Kier molecular flexibility index (Phi) is 2.02.